The third kappa shape index (κ3) is 1.45. The summed E-state index contributed by atoms with van der Waals surface area (Å²) in [6.07, 6.45) is 3.77. The number of hydrogen-bond donors (Lipinski definition) is 0. The monoisotopic (exact) mass is 220 g/mol. The molecule has 0 saturated heterocycles. The lowest BCUT2D eigenvalue weighted by atomic mass is 10.1. The van der Waals surface area contributed by atoms with Crippen molar-refractivity contribution in [3.63, 3.8) is 0 Å². The lowest BCUT2D eigenvalue weighted by molar-refractivity contribution is 0.519. The highest BCUT2D eigenvalue weighted by atomic mass is 35.5. The van der Waals surface area contributed by atoms with Gasteiger partial charge in [-0.1, -0.05) is 11.6 Å². The Morgan fingerprint density at radius 1 is 1.27 bits per heavy atom. The van der Waals surface area contributed by atoms with E-state index in [0.717, 1.165) is 10.9 Å². The van der Waals surface area contributed by atoms with Crippen molar-refractivity contribution in [3.05, 3.63) is 45.5 Å². The van der Waals surface area contributed by atoms with Gasteiger partial charge in [-0.2, -0.15) is 0 Å². The first kappa shape index (κ1) is 8.98. The molecule has 2 aromatic rings. The van der Waals surface area contributed by atoms with Crippen molar-refractivity contribution >= 4 is 22.4 Å². The molecule has 1 saturated carbocycles. The number of fused-ring (bicyclic) bond motifs is 1. The standard InChI is InChI=1S/C12H9ClO2/c13-11-6-8(7-1-2-7)5-10-9(11)3-4-15-12(10)14/h3-7H,1-2H2. The topological polar surface area (TPSA) is 30.2 Å². The van der Waals surface area contributed by atoms with Gasteiger partial charge in [0.2, 0.25) is 0 Å². The van der Waals surface area contributed by atoms with E-state index in [-0.39, 0.29) is 5.63 Å². The molecule has 1 aromatic heterocycles. The highest BCUT2D eigenvalue weighted by Gasteiger charge is 2.24. The van der Waals surface area contributed by atoms with Crippen molar-refractivity contribution in [1.29, 1.82) is 0 Å². The third-order valence-electron chi connectivity index (χ3n) is 2.83. The molecule has 2 nitrogen and oxygen atoms in total. The fourth-order valence-corrected chi connectivity index (χ4v) is 2.15. The summed E-state index contributed by atoms with van der Waals surface area (Å²) in [6, 6.07) is 5.60. The number of rotatable bonds is 1. The molecule has 0 N–H and O–H groups in total. The highest BCUT2D eigenvalue weighted by Crippen LogP contribution is 2.42. The molecule has 1 aromatic carbocycles. The second kappa shape index (κ2) is 3.11. The van der Waals surface area contributed by atoms with Crippen molar-refractivity contribution in [2.24, 2.45) is 0 Å². The molecule has 0 radical (unpaired) electrons. The SMILES string of the molecule is O=c1occc2c(Cl)cc(C3CC3)cc12. The Bertz CT molecular complexity index is 582. The predicted octanol–water partition coefficient (Wildman–Crippen LogP) is 3.32. The Hall–Kier alpha value is -1.28. The first-order valence-corrected chi connectivity index (χ1v) is 5.34. The molecule has 1 heterocycles. The Labute approximate surface area is 91.5 Å². The van der Waals surface area contributed by atoms with Gasteiger partial charge in [0.1, 0.15) is 0 Å². The van der Waals surface area contributed by atoms with E-state index >= 15 is 0 Å². The van der Waals surface area contributed by atoms with Gasteiger partial charge in [0, 0.05) is 10.4 Å². The summed E-state index contributed by atoms with van der Waals surface area (Å²) in [4.78, 5) is 11.5. The lowest BCUT2D eigenvalue weighted by Crippen LogP contribution is -1.99. The fourth-order valence-electron chi connectivity index (χ4n) is 1.86. The van der Waals surface area contributed by atoms with E-state index in [4.69, 9.17) is 16.0 Å². The van der Waals surface area contributed by atoms with Gasteiger partial charge in [-0.15, -0.1) is 0 Å². The molecule has 3 heteroatoms. The van der Waals surface area contributed by atoms with Crippen LogP contribution in [0.3, 0.4) is 0 Å². The second-order valence-electron chi connectivity index (χ2n) is 3.95. The minimum atomic E-state index is -0.308. The predicted molar refractivity (Wildman–Crippen MR) is 59.5 cm³/mol. The molecule has 0 atom stereocenters. The minimum absolute atomic E-state index is 0.308. The van der Waals surface area contributed by atoms with Gasteiger partial charge in [0.15, 0.2) is 0 Å². The average Bonchev–Trinajstić information content (AvgIpc) is 3.02. The van der Waals surface area contributed by atoms with Gasteiger partial charge in [-0.3, -0.25) is 0 Å². The van der Waals surface area contributed by atoms with E-state index in [9.17, 15) is 4.79 Å². The van der Waals surface area contributed by atoms with Crippen LogP contribution < -0.4 is 5.63 Å². The lowest BCUT2D eigenvalue weighted by Gasteiger charge is -2.03. The maximum Gasteiger partial charge on any atom is 0.343 e. The van der Waals surface area contributed by atoms with Gasteiger partial charge in [-0.05, 0) is 42.5 Å². The van der Waals surface area contributed by atoms with Crippen molar-refractivity contribution in [2.75, 3.05) is 0 Å². The van der Waals surface area contributed by atoms with E-state index in [0.29, 0.717) is 16.3 Å². The summed E-state index contributed by atoms with van der Waals surface area (Å²) < 4.78 is 4.84. The summed E-state index contributed by atoms with van der Waals surface area (Å²) >= 11 is 6.13. The van der Waals surface area contributed by atoms with Crippen LogP contribution in [0.25, 0.3) is 10.8 Å². The maximum atomic E-state index is 11.5. The number of halogens is 1. The summed E-state index contributed by atoms with van der Waals surface area (Å²) in [7, 11) is 0. The molecule has 1 fully saturated rings. The molecule has 76 valence electrons. The zero-order chi connectivity index (χ0) is 10.4. The van der Waals surface area contributed by atoms with Crippen LogP contribution in [0.5, 0.6) is 0 Å². The van der Waals surface area contributed by atoms with E-state index in [1.54, 1.807) is 6.07 Å². The molecule has 0 unspecified atom stereocenters. The normalized spacial score (nSPS) is 15.8. The molecule has 15 heavy (non-hydrogen) atoms. The molecular weight excluding hydrogens is 212 g/mol. The van der Waals surface area contributed by atoms with Gasteiger partial charge in [0.05, 0.1) is 11.6 Å². The van der Waals surface area contributed by atoms with Gasteiger partial charge < -0.3 is 4.42 Å². The number of benzene rings is 1. The maximum absolute atomic E-state index is 11.5. The molecule has 0 amide bonds. The molecular formula is C12H9ClO2. The Morgan fingerprint density at radius 3 is 2.80 bits per heavy atom. The highest BCUT2D eigenvalue weighted by molar-refractivity contribution is 6.35. The van der Waals surface area contributed by atoms with Crippen LogP contribution in [0.1, 0.15) is 24.3 Å². The Morgan fingerprint density at radius 2 is 2.07 bits per heavy atom. The minimum Gasteiger partial charge on any atom is -0.431 e. The molecule has 1 aliphatic rings. The average molecular weight is 221 g/mol. The van der Waals surface area contributed by atoms with Crippen molar-refractivity contribution in [2.45, 2.75) is 18.8 Å². The van der Waals surface area contributed by atoms with Crippen molar-refractivity contribution in [3.8, 4) is 0 Å². The van der Waals surface area contributed by atoms with Crippen LogP contribution in [0, 0.1) is 0 Å². The van der Waals surface area contributed by atoms with Crippen molar-refractivity contribution < 1.29 is 4.42 Å². The quantitative estimate of drug-likeness (QED) is 0.738. The summed E-state index contributed by atoms with van der Waals surface area (Å²) in [5, 5.41) is 2.01. The van der Waals surface area contributed by atoms with E-state index in [2.05, 4.69) is 0 Å². The van der Waals surface area contributed by atoms with Crippen molar-refractivity contribution in [1.82, 2.24) is 0 Å². The van der Waals surface area contributed by atoms with E-state index in [1.807, 2.05) is 12.1 Å². The zero-order valence-corrected chi connectivity index (χ0v) is 8.75. The van der Waals surface area contributed by atoms with E-state index in [1.165, 1.54) is 19.1 Å². The third-order valence-corrected chi connectivity index (χ3v) is 3.14. The molecule has 0 spiro atoms. The number of hydrogen-bond acceptors (Lipinski definition) is 2. The second-order valence-corrected chi connectivity index (χ2v) is 4.35. The van der Waals surface area contributed by atoms with Gasteiger partial charge >= 0.3 is 5.63 Å². The summed E-state index contributed by atoms with van der Waals surface area (Å²) in [6.45, 7) is 0. The first-order chi connectivity index (χ1) is 7.25. The van der Waals surface area contributed by atoms with Crippen LogP contribution in [-0.4, -0.2) is 0 Å². The summed E-state index contributed by atoms with van der Waals surface area (Å²) in [5.41, 5.74) is 0.850. The van der Waals surface area contributed by atoms with Crippen LogP contribution in [0.4, 0.5) is 0 Å². The summed E-state index contributed by atoms with van der Waals surface area (Å²) in [5.74, 6) is 0.589. The molecule has 0 bridgehead atoms. The van der Waals surface area contributed by atoms with Crippen LogP contribution in [0.15, 0.2) is 33.7 Å². The fraction of sp³-hybridized carbons (Fsp3) is 0.250. The van der Waals surface area contributed by atoms with Crippen LogP contribution in [0.2, 0.25) is 5.02 Å². The van der Waals surface area contributed by atoms with E-state index < -0.39 is 0 Å². The largest absolute Gasteiger partial charge is 0.431 e. The molecule has 3 rings (SSSR count). The van der Waals surface area contributed by atoms with Gasteiger partial charge in [-0.25, -0.2) is 4.79 Å². The van der Waals surface area contributed by atoms with Crippen LogP contribution >= 0.6 is 11.6 Å². The Kier molecular flexibility index (Phi) is 1.86. The molecule has 0 aliphatic heterocycles. The molecule has 1 aliphatic carbocycles. The Balaban J connectivity index is 2.37. The van der Waals surface area contributed by atoms with Gasteiger partial charge in [0.25, 0.3) is 0 Å². The smallest absolute Gasteiger partial charge is 0.343 e. The zero-order valence-electron chi connectivity index (χ0n) is 8.00. The van der Waals surface area contributed by atoms with Crippen LogP contribution in [-0.2, 0) is 0 Å². The first-order valence-electron chi connectivity index (χ1n) is 4.96.